The predicted octanol–water partition coefficient (Wildman–Crippen LogP) is 4.56. The number of anilines is 2. The molecule has 0 saturated heterocycles. The Bertz CT molecular complexity index is 1280. The standard InChI is InChI=1S/C26H32ClN7O5/c1-5-33(6-2)15-17(16-37-3)39-24-12-23(38-4)21(11-22(24)34(35)36)31-26-30-14-19(27)25(32-26)18(13-28)20-9-7-8-10-29-20/h7-14,17,28-29H,5-6,15-16H2,1-4H3,(H,30,31,32)/b20-18+,28-13?. The number of likely N-dealkylation sites (N-methyl/N-ethyl adjacent to an activating group) is 1. The Morgan fingerprint density at radius 1 is 1.28 bits per heavy atom. The molecule has 0 aliphatic carbocycles. The van der Waals surface area contributed by atoms with Crippen LogP contribution < -0.4 is 20.1 Å². The Labute approximate surface area is 232 Å². The summed E-state index contributed by atoms with van der Waals surface area (Å²) < 4.78 is 16.9. The quantitative estimate of drug-likeness (QED) is 0.171. The normalized spacial score (nSPS) is 14.5. The minimum Gasteiger partial charge on any atom is -0.494 e. The number of hydrogen-bond acceptors (Lipinski definition) is 11. The number of hydrogen-bond donors (Lipinski definition) is 3. The summed E-state index contributed by atoms with van der Waals surface area (Å²) in [6.07, 6.45) is 9.22. The maximum absolute atomic E-state index is 12.0. The molecule has 0 bridgehead atoms. The van der Waals surface area contributed by atoms with Gasteiger partial charge in [-0.05, 0) is 25.2 Å². The molecule has 39 heavy (non-hydrogen) atoms. The fourth-order valence-electron chi connectivity index (χ4n) is 3.88. The molecule has 208 valence electrons. The lowest BCUT2D eigenvalue weighted by Crippen LogP contribution is -2.38. The van der Waals surface area contributed by atoms with E-state index in [0.29, 0.717) is 23.5 Å². The molecular formula is C26H32ClN7O5. The lowest BCUT2D eigenvalue weighted by atomic mass is 10.1. The molecule has 1 atom stereocenters. The van der Waals surface area contributed by atoms with Gasteiger partial charge in [0.1, 0.15) is 11.9 Å². The molecule has 1 aliphatic rings. The summed E-state index contributed by atoms with van der Waals surface area (Å²) in [5.41, 5.74) is 1.35. The monoisotopic (exact) mass is 557 g/mol. The van der Waals surface area contributed by atoms with Crippen molar-refractivity contribution in [2.45, 2.75) is 20.0 Å². The highest BCUT2D eigenvalue weighted by Crippen LogP contribution is 2.39. The van der Waals surface area contributed by atoms with Crippen LogP contribution in [0.3, 0.4) is 0 Å². The molecule has 0 saturated carbocycles. The minimum absolute atomic E-state index is 0.0494. The van der Waals surface area contributed by atoms with Crippen LogP contribution in [0.5, 0.6) is 11.5 Å². The topological polar surface area (TPSA) is 148 Å². The number of ether oxygens (including phenoxy) is 3. The van der Waals surface area contributed by atoms with Crippen molar-refractivity contribution in [1.82, 2.24) is 20.2 Å². The smallest absolute Gasteiger partial charge is 0.313 e. The lowest BCUT2D eigenvalue weighted by Gasteiger charge is -2.25. The molecule has 13 heteroatoms. The van der Waals surface area contributed by atoms with Crippen molar-refractivity contribution < 1.29 is 19.1 Å². The molecule has 0 radical (unpaired) electrons. The average Bonchev–Trinajstić information content (AvgIpc) is 2.94. The van der Waals surface area contributed by atoms with Crippen LogP contribution in [-0.4, -0.2) is 72.6 Å². The van der Waals surface area contributed by atoms with Gasteiger partial charge in [-0.2, -0.15) is 0 Å². The molecule has 12 nitrogen and oxygen atoms in total. The fourth-order valence-corrected chi connectivity index (χ4v) is 4.08. The van der Waals surface area contributed by atoms with Crippen molar-refractivity contribution in [2.75, 3.05) is 45.8 Å². The zero-order valence-corrected chi connectivity index (χ0v) is 23.0. The highest BCUT2D eigenvalue weighted by molar-refractivity contribution is 6.33. The first-order chi connectivity index (χ1) is 18.8. The first-order valence-electron chi connectivity index (χ1n) is 12.2. The fraction of sp³-hybridized carbons (Fsp3) is 0.346. The molecule has 0 spiro atoms. The van der Waals surface area contributed by atoms with E-state index in [0.717, 1.165) is 19.3 Å². The Hall–Kier alpha value is -4.00. The van der Waals surface area contributed by atoms with Gasteiger partial charge in [-0.3, -0.25) is 10.1 Å². The summed E-state index contributed by atoms with van der Waals surface area (Å²) in [7, 11) is 3.00. The van der Waals surface area contributed by atoms with E-state index in [1.165, 1.54) is 25.4 Å². The Morgan fingerprint density at radius 3 is 2.64 bits per heavy atom. The van der Waals surface area contributed by atoms with Crippen LogP contribution in [-0.2, 0) is 4.74 Å². The number of nitro benzene ring substituents is 1. The summed E-state index contributed by atoms with van der Waals surface area (Å²) in [5, 5.41) is 26.2. The molecule has 0 fully saturated rings. The van der Waals surface area contributed by atoms with Gasteiger partial charge < -0.3 is 35.2 Å². The van der Waals surface area contributed by atoms with E-state index in [9.17, 15) is 10.1 Å². The van der Waals surface area contributed by atoms with E-state index in [2.05, 4.69) is 25.5 Å². The summed E-state index contributed by atoms with van der Waals surface area (Å²) in [6.45, 7) is 6.46. The van der Waals surface area contributed by atoms with Crippen LogP contribution in [0.1, 0.15) is 19.5 Å². The molecule has 3 rings (SSSR count). The molecule has 1 aromatic heterocycles. The van der Waals surface area contributed by atoms with Crippen molar-refractivity contribution in [1.29, 1.82) is 5.41 Å². The van der Waals surface area contributed by atoms with E-state index in [4.69, 9.17) is 31.2 Å². The number of nitro groups is 1. The van der Waals surface area contributed by atoms with Gasteiger partial charge in [-0.25, -0.2) is 9.97 Å². The summed E-state index contributed by atoms with van der Waals surface area (Å²) in [4.78, 5) is 22.3. The van der Waals surface area contributed by atoms with E-state index in [1.54, 1.807) is 19.4 Å². The van der Waals surface area contributed by atoms with Gasteiger partial charge in [0.05, 0.1) is 41.2 Å². The molecule has 2 heterocycles. The van der Waals surface area contributed by atoms with Crippen LogP contribution >= 0.6 is 11.6 Å². The van der Waals surface area contributed by atoms with Gasteiger partial charge in [-0.15, -0.1) is 0 Å². The van der Waals surface area contributed by atoms with E-state index in [1.807, 2.05) is 26.0 Å². The summed E-state index contributed by atoms with van der Waals surface area (Å²) >= 11 is 6.36. The molecular weight excluding hydrogens is 526 g/mol. The van der Waals surface area contributed by atoms with Gasteiger partial charge in [-0.1, -0.05) is 31.5 Å². The second kappa shape index (κ2) is 14.2. The first kappa shape index (κ1) is 29.6. The molecule has 1 aromatic carbocycles. The van der Waals surface area contributed by atoms with Crippen LogP contribution in [0.2, 0.25) is 5.02 Å². The zero-order chi connectivity index (χ0) is 28.4. The number of allylic oxidation sites excluding steroid dienone is 4. The first-order valence-corrected chi connectivity index (χ1v) is 12.6. The van der Waals surface area contributed by atoms with Crippen LogP contribution in [0.25, 0.3) is 5.57 Å². The largest absolute Gasteiger partial charge is 0.494 e. The van der Waals surface area contributed by atoms with Crippen molar-refractivity contribution in [3.8, 4) is 11.5 Å². The third-order valence-electron chi connectivity index (χ3n) is 5.87. The average molecular weight is 558 g/mol. The molecule has 3 N–H and O–H groups in total. The van der Waals surface area contributed by atoms with Crippen LogP contribution in [0, 0.1) is 15.5 Å². The Kier molecular flexibility index (Phi) is 10.8. The molecule has 1 aliphatic heterocycles. The van der Waals surface area contributed by atoms with Gasteiger partial charge in [0.2, 0.25) is 11.7 Å². The SMILES string of the molecule is CCN(CC)CC(COC)Oc1cc(OC)c(Nc2ncc(Cl)c(/C(C=N)=C3\C=CC=CN3)n2)cc1[N+](=O)[O-]. The highest BCUT2D eigenvalue weighted by atomic mass is 35.5. The number of methoxy groups -OCH3 is 2. The second-order valence-electron chi connectivity index (χ2n) is 8.31. The number of halogens is 1. The van der Waals surface area contributed by atoms with Crippen molar-refractivity contribution in [2.24, 2.45) is 0 Å². The third-order valence-corrected chi connectivity index (χ3v) is 6.15. The maximum atomic E-state index is 12.0. The Morgan fingerprint density at radius 2 is 2.05 bits per heavy atom. The van der Waals surface area contributed by atoms with E-state index >= 15 is 0 Å². The number of aromatic nitrogens is 2. The molecule has 1 unspecified atom stereocenters. The number of rotatable bonds is 14. The minimum atomic E-state index is -0.526. The number of benzene rings is 1. The number of nitrogens with one attached hydrogen (secondary N) is 3. The van der Waals surface area contributed by atoms with Crippen molar-refractivity contribution >= 4 is 40.7 Å². The van der Waals surface area contributed by atoms with Crippen LogP contribution in [0.15, 0.2) is 48.5 Å². The lowest BCUT2D eigenvalue weighted by molar-refractivity contribution is -0.386. The van der Waals surface area contributed by atoms with Gasteiger partial charge in [0.15, 0.2) is 0 Å². The molecule has 0 amide bonds. The number of dihydropyridines is 1. The summed E-state index contributed by atoms with van der Waals surface area (Å²) in [6, 6.07) is 2.76. The van der Waals surface area contributed by atoms with Gasteiger partial charge in [0.25, 0.3) is 0 Å². The van der Waals surface area contributed by atoms with E-state index in [-0.39, 0.29) is 40.5 Å². The Balaban J connectivity index is 1.98. The van der Waals surface area contributed by atoms with Gasteiger partial charge >= 0.3 is 5.69 Å². The maximum Gasteiger partial charge on any atom is 0.313 e. The van der Waals surface area contributed by atoms with Crippen molar-refractivity contribution in [3.63, 3.8) is 0 Å². The molecule has 2 aromatic rings. The van der Waals surface area contributed by atoms with Crippen molar-refractivity contribution in [3.05, 3.63) is 69.3 Å². The second-order valence-corrected chi connectivity index (χ2v) is 8.71. The number of nitrogens with zero attached hydrogens (tertiary/aromatic N) is 4. The third kappa shape index (κ3) is 7.53. The highest BCUT2D eigenvalue weighted by Gasteiger charge is 2.25. The van der Waals surface area contributed by atoms with Gasteiger partial charge in [0, 0.05) is 49.5 Å². The van der Waals surface area contributed by atoms with E-state index < -0.39 is 11.0 Å². The summed E-state index contributed by atoms with van der Waals surface area (Å²) in [5.74, 6) is 0.431. The predicted molar refractivity (Wildman–Crippen MR) is 151 cm³/mol. The van der Waals surface area contributed by atoms with Crippen LogP contribution in [0.4, 0.5) is 17.3 Å². The zero-order valence-electron chi connectivity index (χ0n) is 22.2.